The van der Waals surface area contributed by atoms with Gasteiger partial charge in [-0.25, -0.2) is 0 Å². The van der Waals surface area contributed by atoms with Crippen molar-refractivity contribution in [3.8, 4) is 0 Å². The van der Waals surface area contributed by atoms with Crippen molar-refractivity contribution in [2.45, 2.75) is 38.1 Å². The molecule has 1 radical (unpaired) electrons. The number of benzene rings is 2. The van der Waals surface area contributed by atoms with Crippen LogP contribution in [0.4, 0.5) is 0 Å². The predicted octanol–water partition coefficient (Wildman–Crippen LogP) is -4.24. The van der Waals surface area contributed by atoms with E-state index in [1.165, 1.54) is 48.9 Å². The normalized spacial score (nSPS) is 13.8. The Labute approximate surface area is 198 Å². The molecule has 0 aliphatic heterocycles. The molecule has 0 bridgehead atoms. The molecule has 3 aromatic rings. The summed E-state index contributed by atoms with van der Waals surface area (Å²) < 4.78 is 0. The molecule has 1 aliphatic rings. The summed E-state index contributed by atoms with van der Waals surface area (Å²) in [6.07, 6.45) is 7.22. The van der Waals surface area contributed by atoms with E-state index in [-0.39, 0.29) is 58.9 Å². The smallest absolute Gasteiger partial charge is 1.00 e. The van der Waals surface area contributed by atoms with Crippen LogP contribution in [0.3, 0.4) is 0 Å². The fourth-order valence-corrected chi connectivity index (χ4v) is 7.30. The molecule has 0 nitrogen and oxygen atoms in total. The standard InChI is InChI=1S/C22H24Si.3ClH.Ti/c1-3-9-18(10-4-1)17-23(20-12-5-2-6-13-20)22-16-15-19-11-7-8-14-21(19)22;;;;/h2,5-8,11-16,18H,1,3-4,9-10,17H2;3*1H;/q-1;;;;+4/p-3. The van der Waals surface area contributed by atoms with Gasteiger partial charge in [-0.2, -0.15) is 12.1 Å². The van der Waals surface area contributed by atoms with Crippen LogP contribution in [0.2, 0.25) is 6.04 Å². The van der Waals surface area contributed by atoms with Crippen LogP contribution in [-0.2, 0) is 21.7 Å². The summed E-state index contributed by atoms with van der Waals surface area (Å²) in [5, 5.41) is 6.10. The molecule has 1 saturated carbocycles. The number of fused-ring (bicyclic) bond motifs is 1. The van der Waals surface area contributed by atoms with Gasteiger partial charge in [-0.3, -0.25) is 0 Å². The Balaban J connectivity index is 0.00000169. The Morgan fingerprint density at radius 3 is 2.11 bits per heavy atom. The average molecular weight is 471 g/mol. The number of hydrogen-bond acceptors (Lipinski definition) is 0. The second-order valence-electron chi connectivity index (χ2n) is 6.89. The Morgan fingerprint density at radius 1 is 0.778 bits per heavy atom. The first-order chi connectivity index (χ1) is 11.4. The molecule has 3 aromatic carbocycles. The zero-order valence-electron chi connectivity index (χ0n) is 15.3. The summed E-state index contributed by atoms with van der Waals surface area (Å²) in [6, 6.07) is 26.3. The van der Waals surface area contributed by atoms with Gasteiger partial charge in [-0.1, -0.05) is 79.7 Å². The third-order valence-corrected chi connectivity index (χ3v) is 8.45. The molecule has 0 unspecified atom stereocenters. The van der Waals surface area contributed by atoms with Crippen molar-refractivity contribution in [3.63, 3.8) is 0 Å². The van der Waals surface area contributed by atoms with E-state index in [1.807, 2.05) is 0 Å². The first-order valence-corrected chi connectivity index (χ1v) is 10.7. The Bertz CT molecular complexity index is 769. The molecular formula is C22H24Cl3SiTi. The second kappa shape index (κ2) is 13.1. The molecule has 4 rings (SSSR count). The van der Waals surface area contributed by atoms with Gasteiger partial charge in [0.1, 0.15) is 0 Å². The van der Waals surface area contributed by atoms with E-state index in [4.69, 9.17) is 0 Å². The quantitative estimate of drug-likeness (QED) is 0.268. The monoisotopic (exact) mass is 469 g/mol. The van der Waals surface area contributed by atoms with Crippen molar-refractivity contribution in [3.05, 3.63) is 66.7 Å². The van der Waals surface area contributed by atoms with Crippen LogP contribution in [0, 0.1) is 5.92 Å². The van der Waals surface area contributed by atoms with Gasteiger partial charge in [0.25, 0.3) is 0 Å². The van der Waals surface area contributed by atoms with E-state index in [0.717, 1.165) is 5.92 Å². The number of rotatable bonds is 4. The van der Waals surface area contributed by atoms with Crippen molar-refractivity contribution >= 4 is 29.9 Å². The maximum absolute atomic E-state index is 2.41. The van der Waals surface area contributed by atoms with E-state index in [2.05, 4.69) is 66.7 Å². The van der Waals surface area contributed by atoms with Crippen molar-refractivity contribution in [2.75, 3.05) is 0 Å². The maximum atomic E-state index is 2.41. The third-order valence-electron chi connectivity index (χ3n) is 5.35. The van der Waals surface area contributed by atoms with Crippen molar-refractivity contribution in [1.82, 2.24) is 0 Å². The molecule has 27 heavy (non-hydrogen) atoms. The van der Waals surface area contributed by atoms with Crippen LogP contribution >= 0.6 is 0 Å². The minimum Gasteiger partial charge on any atom is -1.00 e. The topological polar surface area (TPSA) is 0 Å². The molecule has 1 fully saturated rings. The molecule has 0 atom stereocenters. The minimum absolute atomic E-state index is 0. The van der Waals surface area contributed by atoms with Crippen molar-refractivity contribution in [1.29, 1.82) is 0 Å². The van der Waals surface area contributed by atoms with E-state index in [9.17, 15) is 0 Å². The molecule has 0 amide bonds. The van der Waals surface area contributed by atoms with Crippen LogP contribution in [0.1, 0.15) is 32.1 Å². The van der Waals surface area contributed by atoms with Crippen LogP contribution in [0.5, 0.6) is 0 Å². The third kappa shape index (κ3) is 6.42. The number of hydrogen-bond donors (Lipinski definition) is 0. The summed E-state index contributed by atoms with van der Waals surface area (Å²) in [6.45, 7) is 0. The summed E-state index contributed by atoms with van der Waals surface area (Å²) in [5.41, 5.74) is 0. The predicted molar refractivity (Wildman–Crippen MR) is 102 cm³/mol. The fourth-order valence-electron chi connectivity index (χ4n) is 4.12. The maximum Gasteiger partial charge on any atom is 4.00 e. The minimum atomic E-state index is -0.681. The van der Waals surface area contributed by atoms with Crippen LogP contribution < -0.4 is 47.6 Å². The first-order valence-electron chi connectivity index (χ1n) is 8.98. The zero-order chi connectivity index (χ0) is 15.5. The molecule has 0 saturated heterocycles. The summed E-state index contributed by atoms with van der Waals surface area (Å²) in [4.78, 5) is 0. The van der Waals surface area contributed by atoms with Gasteiger partial charge in [0.2, 0.25) is 0 Å². The molecule has 0 N–H and O–H groups in total. The Kier molecular flexibility index (Phi) is 13.1. The average Bonchev–Trinajstić information content (AvgIpc) is 3.05. The van der Waals surface area contributed by atoms with Crippen LogP contribution in [0.25, 0.3) is 10.8 Å². The molecule has 0 spiro atoms. The molecule has 0 heterocycles. The van der Waals surface area contributed by atoms with Crippen LogP contribution in [0.15, 0.2) is 66.7 Å². The fraction of sp³-hybridized carbons (Fsp3) is 0.318. The zero-order valence-corrected chi connectivity index (χ0v) is 20.1. The molecule has 1 aliphatic carbocycles. The Hall–Kier alpha value is -0.149. The first kappa shape index (κ1) is 26.9. The number of halogens is 3. The van der Waals surface area contributed by atoms with Gasteiger partial charge < -0.3 is 37.2 Å². The van der Waals surface area contributed by atoms with Crippen molar-refractivity contribution in [2.24, 2.45) is 5.92 Å². The van der Waals surface area contributed by atoms with Gasteiger partial charge in [0.05, 0.1) is 8.80 Å². The molecule has 5 heteroatoms. The summed E-state index contributed by atoms with van der Waals surface area (Å²) in [5.74, 6) is 0.937. The van der Waals surface area contributed by atoms with Gasteiger partial charge in [-0.05, 0) is 5.92 Å². The van der Waals surface area contributed by atoms with Crippen LogP contribution in [-0.4, -0.2) is 8.80 Å². The van der Waals surface area contributed by atoms with E-state index < -0.39 is 8.80 Å². The molecule has 0 aromatic heterocycles. The van der Waals surface area contributed by atoms with Crippen molar-refractivity contribution < 1.29 is 58.9 Å². The van der Waals surface area contributed by atoms with E-state index in [1.54, 1.807) is 10.4 Å². The van der Waals surface area contributed by atoms with Gasteiger partial charge in [-0.15, -0.1) is 34.2 Å². The Morgan fingerprint density at radius 2 is 1.41 bits per heavy atom. The largest absolute Gasteiger partial charge is 4.00 e. The van der Waals surface area contributed by atoms with E-state index >= 15 is 0 Å². The molecular weight excluding hydrogens is 447 g/mol. The molecule has 141 valence electrons. The van der Waals surface area contributed by atoms with Gasteiger partial charge in [0, 0.05) is 0 Å². The van der Waals surface area contributed by atoms with E-state index in [0.29, 0.717) is 0 Å². The summed E-state index contributed by atoms with van der Waals surface area (Å²) in [7, 11) is -0.681. The van der Waals surface area contributed by atoms with Gasteiger partial charge in [0.15, 0.2) is 0 Å². The van der Waals surface area contributed by atoms with Gasteiger partial charge >= 0.3 is 21.7 Å². The summed E-state index contributed by atoms with van der Waals surface area (Å²) >= 11 is 0. The second-order valence-corrected chi connectivity index (χ2v) is 9.37. The SMILES string of the molecule is [Cl-].[Cl-].[Cl-].[Ti+4].c1ccc([Si](CC2CCCCC2)[c-]2ccc3ccccc32)cc1.